The number of rotatable bonds is 31. The fraction of sp³-hybridized carbons (Fsp3) is 0.923. The maximum atomic E-state index is 13.7. The van der Waals surface area contributed by atoms with E-state index in [2.05, 4.69) is 21.3 Å². The van der Waals surface area contributed by atoms with Crippen LogP contribution in [-0.4, -0.2) is 497 Å². The summed E-state index contributed by atoms with van der Waals surface area (Å²) in [5, 5.41) is 299. The van der Waals surface area contributed by atoms with Crippen LogP contribution in [0.5, 0.6) is 0 Å². The molecule has 0 aromatic rings. The number of carboxylic acid groups (broad SMARTS) is 1. The van der Waals surface area contributed by atoms with Crippen molar-refractivity contribution in [2.24, 2.45) is 0 Å². The molecule has 52 heteroatoms. The number of carbonyl (C=O) groups excluding carboxylic acids is 4. The maximum absolute atomic E-state index is 13.7. The smallest absolute Gasteiger partial charge is 0.364 e. The molecule has 0 saturated carbocycles. The number of hydrogen-bond acceptors (Lipinski definition) is 47. The molecular weight excluding hydrogens is 1600 g/mol. The number of nitrogens with one attached hydrogen (secondary N) is 4. The van der Waals surface area contributed by atoms with Crippen molar-refractivity contribution in [3.8, 4) is 0 Å². The van der Waals surface area contributed by atoms with E-state index in [4.69, 9.17) is 80.5 Å². The van der Waals surface area contributed by atoms with Crippen LogP contribution >= 0.6 is 0 Å². The highest BCUT2D eigenvalue weighted by atomic mass is 16.8. The number of ether oxygens (including phenoxy) is 17. The fourth-order valence-electron chi connectivity index (χ4n) is 15.1. The summed E-state index contributed by atoms with van der Waals surface area (Å²) in [5.41, 5.74) is 0. The summed E-state index contributed by atoms with van der Waals surface area (Å²) in [7, 11) is 0. The third kappa shape index (κ3) is 21.2. The molecular formula is C65H108N4O48. The average molecular weight is 1710 g/mol. The molecule has 117 heavy (non-hydrogen) atoms. The molecule has 46 atom stereocenters. The van der Waals surface area contributed by atoms with Gasteiger partial charge in [0, 0.05) is 34.1 Å². The minimum absolute atomic E-state index is 0.786. The van der Waals surface area contributed by atoms with Crippen molar-refractivity contribution in [3.05, 3.63) is 0 Å². The van der Waals surface area contributed by atoms with E-state index in [1.54, 1.807) is 0 Å². The zero-order chi connectivity index (χ0) is 86.6. The van der Waals surface area contributed by atoms with Crippen LogP contribution in [0.4, 0.5) is 0 Å². The summed E-state index contributed by atoms with van der Waals surface area (Å²) in [4.78, 5) is 64.5. The van der Waals surface area contributed by atoms with Gasteiger partial charge in [0.2, 0.25) is 23.6 Å². The van der Waals surface area contributed by atoms with E-state index in [9.17, 15) is 157 Å². The van der Waals surface area contributed by atoms with Crippen LogP contribution in [-0.2, 0) is 104 Å². The lowest BCUT2D eigenvalue weighted by molar-refractivity contribution is -0.406. The number of amides is 4. The Morgan fingerprint density at radius 2 is 0.761 bits per heavy atom. The molecule has 0 unspecified atom stereocenters. The summed E-state index contributed by atoms with van der Waals surface area (Å²) in [6, 6.07) is -7.52. The number of aliphatic hydroxyl groups excluding tert-OH is 25. The number of hydrogen-bond donors (Lipinski definition) is 30. The zero-order valence-corrected chi connectivity index (χ0v) is 63.0. The Kier molecular flexibility index (Phi) is 34.2. The molecule has 0 spiro atoms. The van der Waals surface area contributed by atoms with Crippen molar-refractivity contribution in [1.82, 2.24) is 21.3 Å². The third-order valence-corrected chi connectivity index (χ3v) is 21.3. The van der Waals surface area contributed by atoms with Crippen LogP contribution in [0.15, 0.2) is 0 Å². The predicted molar refractivity (Wildman–Crippen MR) is 359 cm³/mol. The van der Waals surface area contributed by atoms with Crippen LogP contribution < -0.4 is 21.3 Å². The normalized spacial score (nSPS) is 47.9. The van der Waals surface area contributed by atoms with Crippen LogP contribution in [0.2, 0.25) is 0 Å². The SMILES string of the molecule is CC(=O)N[C@@H]1[C@@H](O)[C@H](O[C@@H]2O[C@H](CO)[C@@H](O[C@@H]3O[C@H](CO[C@H]4O[C@H](CO)[C@@H](O)[C@H](O)[C@@H]4O)[C@@H](O)[C@H](O[C@H]4O[C@H](CO)[C@@H](O)[C@H](O)[C@@H]4O[C@@H]4O[C@H](CO)[C@@H](O[C@@H]5O[C@H](CO)[C@H](O)[C@H](O[C@]6(C(=O)O)C[C@H](O)[C@@H](NC(C)=O)[C@H]([C@H](O)[C@H](O)CO)O6)[C@H]5O)[C@H](O[C@@H]5O[C@@H](C)[C@@H](O)[C@@H](O)[C@@H]5O)[C@H]4NC(C)=O)[C@@H]3O)[C@H](O)[C@H]2NC(C)=O)[C@@H](CO)O[C@H]1O. The number of carboxylic acids is 1. The summed E-state index contributed by atoms with van der Waals surface area (Å²) < 4.78 is 101. The molecule has 676 valence electrons. The fourth-order valence-corrected chi connectivity index (χ4v) is 15.1. The van der Waals surface area contributed by atoms with E-state index in [-0.39, 0.29) is 0 Å². The molecule has 9 saturated heterocycles. The van der Waals surface area contributed by atoms with Gasteiger partial charge in [0.15, 0.2) is 50.3 Å². The molecule has 9 aliphatic rings. The van der Waals surface area contributed by atoms with Crippen molar-refractivity contribution in [2.45, 2.75) is 323 Å². The van der Waals surface area contributed by atoms with Gasteiger partial charge in [-0.25, -0.2) is 4.79 Å². The highest BCUT2D eigenvalue weighted by molar-refractivity contribution is 5.77. The topological polar surface area (TPSA) is 816 Å². The van der Waals surface area contributed by atoms with Gasteiger partial charge in [0.05, 0.1) is 71.1 Å². The minimum Gasteiger partial charge on any atom is -0.477 e. The predicted octanol–water partition coefficient (Wildman–Crippen LogP) is -19.8. The highest BCUT2D eigenvalue weighted by Crippen LogP contribution is 2.43. The van der Waals surface area contributed by atoms with Crippen LogP contribution in [0.3, 0.4) is 0 Å². The van der Waals surface area contributed by atoms with Gasteiger partial charge in [-0.05, 0) is 6.92 Å². The van der Waals surface area contributed by atoms with Gasteiger partial charge >= 0.3 is 5.97 Å². The third-order valence-electron chi connectivity index (χ3n) is 21.3. The molecule has 9 fully saturated rings. The first-order chi connectivity index (χ1) is 55.1. The van der Waals surface area contributed by atoms with E-state index < -0.39 is 371 Å². The van der Waals surface area contributed by atoms with Crippen LogP contribution in [0.1, 0.15) is 41.0 Å². The zero-order valence-electron chi connectivity index (χ0n) is 63.0. The van der Waals surface area contributed by atoms with Gasteiger partial charge < -0.3 is 235 Å². The van der Waals surface area contributed by atoms with Crippen molar-refractivity contribution in [3.63, 3.8) is 0 Å². The van der Waals surface area contributed by atoms with Crippen LogP contribution in [0, 0.1) is 0 Å². The Morgan fingerprint density at radius 1 is 0.368 bits per heavy atom. The summed E-state index contributed by atoms with van der Waals surface area (Å²) in [6.45, 7) is -4.42. The molecule has 30 N–H and O–H groups in total. The Morgan fingerprint density at radius 3 is 1.32 bits per heavy atom. The highest BCUT2D eigenvalue weighted by Gasteiger charge is 2.64. The quantitative estimate of drug-likeness (QED) is 0.0306. The lowest BCUT2D eigenvalue weighted by Gasteiger charge is -2.52. The molecule has 9 heterocycles. The summed E-state index contributed by atoms with van der Waals surface area (Å²) in [5.74, 6) is -9.26. The molecule has 0 aromatic carbocycles. The molecule has 0 aliphatic carbocycles. The van der Waals surface area contributed by atoms with Crippen molar-refractivity contribution in [1.29, 1.82) is 0 Å². The molecule has 0 radical (unpaired) electrons. The van der Waals surface area contributed by atoms with E-state index >= 15 is 0 Å². The Balaban J connectivity index is 1.07. The van der Waals surface area contributed by atoms with E-state index in [1.807, 2.05) is 0 Å². The minimum atomic E-state index is -3.36. The first-order valence-electron chi connectivity index (χ1n) is 37.1. The second-order valence-electron chi connectivity index (χ2n) is 29.6. The van der Waals surface area contributed by atoms with Gasteiger partial charge in [-0.2, -0.15) is 0 Å². The molecule has 9 aliphatic heterocycles. The molecule has 9 rings (SSSR count). The number of aliphatic hydroxyl groups is 25. The Hall–Kier alpha value is -4.33. The first-order valence-corrected chi connectivity index (χ1v) is 37.1. The number of aliphatic carboxylic acids is 1. The maximum Gasteiger partial charge on any atom is 0.364 e. The van der Waals surface area contributed by atoms with Crippen molar-refractivity contribution < 1.29 is 237 Å². The Bertz CT molecular complexity index is 3190. The van der Waals surface area contributed by atoms with Gasteiger partial charge in [0.25, 0.3) is 5.79 Å². The lowest BCUT2D eigenvalue weighted by Crippen LogP contribution is -2.72. The van der Waals surface area contributed by atoms with Crippen LogP contribution in [0.25, 0.3) is 0 Å². The average Bonchev–Trinajstić information content (AvgIpc) is 0.753. The van der Waals surface area contributed by atoms with Gasteiger partial charge in [-0.15, -0.1) is 0 Å². The second kappa shape index (κ2) is 41.4. The Labute approximate surface area is 662 Å². The number of carbonyl (C=O) groups is 5. The van der Waals surface area contributed by atoms with Gasteiger partial charge in [-0.1, -0.05) is 0 Å². The summed E-state index contributed by atoms with van der Waals surface area (Å²) in [6.07, 6.45) is -90.4. The van der Waals surface area contributed by atoms with Gasteiger partial charge in [0.1, 0.15) is 207 Å². The largest absolute Gasteiger partial charge is 0.477 e. The monoisotopic (exact) mass is 1710 g/mol. The van der Waals surface area contributed by atoms with E-state index in [0.717, 1.165) is 27.7 Å². The molecule has 0 bridgehead atoms. The lowest BCUT2D eigenvalue weighted by atomic mass is 9.88. The molecule has 4 amide bonds. The van der Waals surface area contributed by atoms with E-state index in [1.165, 1.54) is 6.92 Å². The van der Waals surface area contributed by atoms with Gasteiger partial charge in [-0.3, -0.25) is 19.2 Å². The molecule has 52 nitrogen and oxygen atoms in total. The second-order valence-corrected chi connectivity index (χ2v) is 29.6. The first kappa shape index (κ1) is 96.5. The van der Waals surface area contributed by atoms with E-state index in [0.29, 0.717) is 0 Å². The molecule has 0 aromatic heterocycles. The summed E-state index contributed by atoms with van der Waals surface area (Å²) >= 11 is 0. The van der Waals surface area contributed by atoms with Crippen molar-refractivity contribution >= 4 is 29.6 Å². The standard InChI is InChI=1S/C65H108N4O48/c1-15-33(83)41(91)45(95)60(102-15)113-52-32(69-19(5)80)58(108-27(13-76)50(52)112-62-47(97)54(37(87)24(10-73)105-62)117-65(64(99)100)6-20(81)29(66-16(2)77)51(116-65)34(84)21(82)7-70)115-55-43(93)36(86)23(9-72)106-63(55)114-53-38(88)28(14-101-59-44(94)42(92)35(85)22(8-71)104-59)109-61(46(53)96)111-49-26(12-75)107-57(31(40(49)90)68-18(4)79)110-48-25(11-74)103-56(98)30(39(48)89)67-17(3)78/h15,20-63,70-76,81-98H,6-14H2,1-5H3,(H,66,77)(H,67,78)(H,68,79)(H,69,80)(H,99,100)/t15-,20-,21+,22+,23+,24+,25+,26+,27+,28+,29+,30+,31+,32+,33+,34+,35+,36+,37-,38+,39+,40+,41+,42-,43-,44-,45-,46-,47+,48+,49+,50+,51+,52+,53-,54-,55-,56+,57-,58-,59-,60-,61-,62-,63+,65-/m0/s1. The van der Waals surface area contributed by atoms with Crippen molar-refractivity contribution in [2.75, 3.05) is 52.9 Å².